The van der Waals surface area contributed by atoms with Crippen LogP contribution in [0.4, 0.5) is 5.69 Å². The third-order valence-electron chi connectivity index (χ3n) is 3.74. The Kier molecular flexibility index (Phi) is 6.02. The summed E-state index contributed by atoms with van der Waals surface area (Å²) in [7, 11) is -3.67. The minimum atomic E-state index is -3.67. The third kappa shape index (κ3) is 4.80. The molecule has 0 saturated heterocycles. The van der Waals surface area contributed by atoms with Gasteiger partial charge in [-0.25, -0.2) is 13.6 Å². The van der Waals surface area contributed by atoms with E-state index >= 15 is 0 Å². The van der Waals surface area contributed by atoms with Crippen LogP contribution in [0.2, 0.25) is 0 Å². The van der Waals surface area contributed by atoms with E-state index in [1.165, 1.54) is 0 Å². The Bertz CT molecular complexity index is 541. The van der Waals surface area contributed by atoms with Crippen LogP contribution in [0.25, 0.3) is 0 Å². The van der Waals surface area contributed by atoms with Crippen LogP contribution >= 0.6 is 0 Å². The molecule has 0 aliphatic rings. The first-order valence-electron chi connectivity index (χ1n) is 7.17. The second-order valence-corrected chi connectivity index (χ2v) is 7.05. The van der Waals surface area contributed by atoms with Crippen molar-refractivity contribution in [1.82, 2.24) is 0 Å². The van der Waals surface area contributed by atoms with Gasteiger partial charge in [0, 0.05) is 11.7 Å². The number of anilines is 1. The second-order valence-electron chi connectivity index (χ2n) is 5.52. The van der Waals surface area contributed by atoms with Crippen LogP contribution in [0.3, 0.4) is 0 Å². The number of aryl methyl sites for hydroxylation is 1. The molecule has 0 saturated carbocycles. The van der Waals surface area contributed by atoms with E-state index in [1.54, 1.807) is 19.1 Å². The quantitative estimate of drug-likeness (QED) is 0.811. The van der Waals surface area contributed by atoms with E-state index in [9.17, 15) is 8.42 Å². The Morgan fingerprint density at radius 1 is 1.25 bits per heavy atom. The molecule has 0 aromatic heterocycles. The second kappa shape index (κ2) is 7.09. The fourth-order valence-corrected chi connectivity index (χ4v) is 3.02. The Morgan fingerprint density at radius 2 is 1.90 bits per heavy atom. The van der Waals surface area contributed by atoms with Crippen molar-refractivity contribution < 1.29 is 8.42 Å². The highest BCUT2D eigenvalue weighted by Crippen LogP contribution is 2.22. The Hall–Kier alpha value is -1.07. The van der Waals surface area contributed by atoms with Crippen molar-refractivity contribution in [3.05, 3.63) is 23.8 Å². The van der Waals surface area contributed by atoms with Crippen LogP contribution in [0, 0.1) is 12.8 Å². The summed E-state index contributed by atoms with van der Waals surface area (Å²) in [6, 6.07) is 5.67. The fraction of sp³-hybridized carbons (Fsp3) is 0.600. The van der Waals surface area contributed by atoms with E-state index in [1.807, 2.05) is 6.07 Å². The lowest BCUT2D eigenvalue weighted by molar-refractivity contribution is 0.462. The van der Waals surface area contributed by atoms with Crippen LogP contribution < -0.4 is 10.5 Å². The predicted octanol–water partition coefficient (Wildman–Crippen LogP) is 3.27. The van der Waals surface area contributed by atoms with E-state index in [0.29, 0.717) is 17.5 Å². The molecular formula is C15H26N2O2S. The summed E-state index contributed by atoms with van der Waals surface area (Å²) in [5.41, 5.74) is 1.49. The molecule has 2 unspecified atom stereocenters. The summed E-state index contributed by atoms with van der Waals surface area (Å²) in [6.07, 6.45) is 3.23. The van der Waals surface area contributed by atoms with Gasteiger partial charge in [0.15, 0.2) is 0 Å². The third-order valence-corrected chi connectivity index (χ3v) is 4.79. The molecule has 1 aromatic carbocycles. The maximum absolute atomic E-state index is 11.5. The van der Waals surface area contributed by atoms with Gasteiger partial charge >= 0.3 is 0 Å². The maximum atomic E-state index is 11.5. The molecule has 4 nitrogen and oxygen atoms in total. The molecule has 3 N–H and O–H groups in total. The molecule has 0 amide bonds. The SMILES string of the molecule is CCC(C)CC(CC)Nc1ccc(C)c(S(N)(=O)=O)c1. The van der Waals surface area contributed by atoms with Gasteiger partial charge in [0.25, 0.3) is 0 Å². The van der Waals surface area contributed by atoms with Crippen molar-refractivity contribution in [1.29, 1.82) is 0 Å². The minimum Gasteiger partial charge on any atom is -0.382 e. The summed E-state index contributed by atoms with van der Waals surface area (Å²) in [5.74, 6) is 0.649. The molecular weight excluding hydrogens is 272 g/mol. The first-order valence-corrected chi connectivity index (χ1v) is 8.72. The molecule has 0 radical (unpaired) electrons. The molecule has 0 spiro atoms. The molecule has 0 aliphatic carbocycles. The normalized spacial score (nSPS) is 14.8. The Labute approximate surface area is 122 Å². The summed E-state index contributed by atoms with van der Waals surface area (Å²) < 4.78 is 23.1. The molecule has 1 rings (SSSR count). The van der Waals surface area contributed by atoms with Gasteiger partial charge in [-0.2, -0.15) is 0 Å². The molecule has 2 atom stereocenters. The highest BCUT2D eigenvalue weighted by atomic mass is 32.2. The van der Waals surface area contributed by atoms with Crippen LogP contribution in [0.1, 0.15) is 45.6 Å². The van der Waals surface area contributed by atoms with Gasteiger partial charge < -0.3 is 5.32 Å². The van der Waals surface area contributed by atoms with Crippen molar-refractivity contribution in [3.8, 4) is 0 Å². The van der Waals surface area contributed by atoms with Crippen LogP contribution in [-0.4, -0.2) is 14.5 Å². The Morgan fingerprint density at radius 3 is 2.40 bits per heavy atom. The average Bonchev–Trinajstić information content (AvgIpc) is 2.38. The lowest BCUT2D eigenvalue weighted by Crippen LogP contribution is -2.22. The van der Waals surface area contributed by atoms with E-state index in [0.717, 1.165) is 24.9 Å². The average molecular weight is 298 g/mol. The number of nitrogens with two attached hydrogens (primary N) is 1. The van der Waals surface area contributed by atoms with Gasteiger partial charge in [-0.15, -0.1) is 0 Å². The number of sulfonamides is 1. The van der Waals surface area contributed by atoms with Crippen LogP contribution in [0.5, 0.6) is 0 Å². The number of nitrogens with one attached hydrogen (secondary N) is 1. The summed E-state index contributed by atoms with van der Waals surface area (Å²) in [5, 5.41) is 8.65. The zero-order chi connectivity index (χ0) is 15.3. The van der Waals surface area contributed by atoms with E-state index in [2.05, 4.69) is 26.1 Å². The molecule has 0 bridgehead atoms. The van der Waals surface area contributed by atoms with Crippen molar-refractivity contribution in [3.63, 3.8) is 0 Å². The first-order chi connectivity index (χ1) is 9.27. The lowest BCUT2D eigenvalue weighted by atomic mass is 9.97. The number of benzene rings is 1. The van der Waals surface area contributed by atoms with Crippen molar-refractivity contribution in [2.45, 2.75) is 57.9 Å². The molecule has 5 heteroatoms. The topological polar surface area (TPSA) is 72.2 Å². The summed E-state index contributed by atoms with van der Waals surface area (Å²) in [4.78, 5) is 0.195. The molecule has 0 fully saturated rings. The van der Waals surface area contributed by atoms with Crippen LogP contribution in [0.15, 0.2) is 23.1 Å². The lowest BCUT2D eigenvalue weighted by Gasteiger charge is -2.22. The predicted molar refractivity (Wildman–Crippen MR) is 84.3 cm³/mol. The minimum absolute atomic E-state index is 0.195. The van der Waals surface area contributed by atoms with Crippen molar-refractivity contribution in [2.24, 2.45) is 11.1 Å². The smallest absolute Gasteiger partial charge is 0.238 e. The highest BCUT2D eigenvalue weighted by Gasteiger charge is 2.14. The van der Waals surface area contributed by atoms with Gasteiger partial charge in [-0.3, -0.25) is 0 Å². The molecule has 20 heavy (non-hydrogen) atoms. The van der Waals surface area contributed by atoms with Gasteiger partial charge in [0.1, 0.15) is 0 Å². The molecule has 1 aromatic rings. The van der Waals surface area contributed by atoms with E-state index in [-0.39, 0.29) is 4.90 Å². The summed E-state index contributed by atoms with van der Waals surface area (Å²) in [6.45, 7) is 8.30. The van der Waals surface area contributed by atoms with Gasteiger partial charge in [0.05, 0.1) is 4.90 Å². The van der Waals surface area contributed by atoms with Gasteiger partial charge in [0.2, 0.25) is 10.0 Å². The monoisotopic (exact) mass is 298 g/mol. The van der Waals surface area contributed by atoms with Gasteiger partial charge in [-0.1, -0.05) is 33.3 Å². The number of hydrogen-bond donors (Lipinski definition) is 2. The summed E-state index contributed by atoms with van der Waals surface area (Å²) >= 11 is 0. The largest absolute Gasteiger partial charge is 0.382 e. The highest BCUT2D eigenvalue weighted by molar-refractivity contribution is 7.89. The molecule has 0 aliphatic heterocycles. The standard InChI is InChI=1S/C15H26N2O2S/c1-5-11(3)9-13(6-2)17-14-8-7-12(4)15(10-14)20(16,18)19/h7-8,10-11,13,17H,5-6,9H2,1-4H3,(H2,16,18,19). The van der Waals surface area contributed by atoms with Crippen LogP contribution in [-0.2, 0) is 10.0 Å². The zero-order valence-corrected chi connectivity index (χ0v) is 13.6. The van der Waals surface area contributed by atoms with Crippen molar-refractivity contribution >= 4 is 15.7 Å². The van der Waals surface area contributed by atoms with E-state index < -0.39 is 10.0 Å². The van der Waals surface area contributed by atoms with Crippen molar-refractivity contribution in [2.75, 3.05) is 5.32 Å². The number of primary sulfonamides is 1. The maximum Gasteiger partial charge on any atom is 0.238 e. The fourth-order valence-electron chi connectivity index (χ4n) is 2.21. The number of hydrogen-bond acceptors (Lipinski definition) is 3. The van der Waals surface area contributed by atoms with Gasteiger partial charge in [-0.05, 0) is 43.4 Å². The molecule has 114 valence electrons. The van der Waals surface area contributed by atoms with E-state index in [4.69, 9.17) is 5.14 Å². The first kappa shape index (κ1) is 17.0. The Balaban J connectivity index is 2.92. The number of rotatable bonds is 7. The molecule has 0 heterocycles. The zero-order valence-electron chi connectivity index (χ0n) is 12.8.